The number of para-hydroxylation sites is 6. The van der Waals surface area contributed by atoms with Gasteiger partial charge in [0.2, 0.25) is 0 Å². The van der Waals surface area contributed by atoms with E-state index in [1.807, 2.05) is 78.9 Å². The predicted octanol–water partition coefficient (Wildman–Crippen LogP) is 30.7. The molecule has 8 heteroatoms. The van der Waals surface area contributed by atoms with Gasteiger partial charge in [-0.25, -0.2) is 9.97 Å². The molecule has 0 aliphatic heterocycles. The summed E-state index contributed by atoms with van der Waals surface area (Å²) in [7, 11) is -1.47. The summed E-state index contributed by atoms with van der Waals surface area (Å²) in [5.41, 5.74) is 16.2. The lowest BCUT2D eigenvalue weighted by Gasteiger charge is -2.20. The minimum Gasteiger partial charge on any atom is -0.423 e. The molecule has 2 heterocycles. The Morgan fingerprint density at radius 2 is 0.536 bits per heavy atom. The Bertz CT molecular complexity index is 8420. The smallest absolute Gasteiger partial charge is 0.423 e. The lowest BCUT2D eigenvalue weighted by atomic mass is 9.80. The topological polar surface area (TPSA) is 76.1 Å². The van der Waals surface area contributed by atoms with Crippen molar-refractivity contribution in [2.45, 2.75) is 7.43 Å². The summed E-state index contributed by atoms with van der Waals surface area (Å²) in [6.45, 7) is 0. The highest BCUT2D eigenvalue weighted by Gasteiger charge is 2.23. The zero-order valence-corrected chi connectivity index (χ0v) is 68.9. The van der Waals surface area contributed by atoms with Gasteiger partial charge in [-0.3, -0.25) is 9.13 Å². The standard InChI is InChI=1S/C42H26.C37H24N2.C19H15BN2O2.C18H11Br.CH4/c1-2-13-29-25-30(23-21-27(29)11-1)41-35-17-7-9-19-37(35)42(38-20-10-8-18-36(38)41)39-26-31-24-22-28-12-3-4-14-32(28)40(31)34-16-6-5-15-33(34)39;1-2-11-29(12-3-1)39-35-17-9-8-16-34(35)38-37(39)27-21-18-26(19-22-27)33-24-28-23-20-25-10-4-5-13-30(25)36(28)32-15-7-6-14-31(32)33;23-20(24)15-12-10-14(11-13-15)19-21-17-8-4-5-9-18(17)22(19)16-6-2-1-3-7-16;19-17-11-13-10-9-12-5-1-2-6-14(12)18(13)16-8-4-3-7-15(16)17;/h1-26H;1-24H;1-13,23-24H;1-11H;1H4. The average Bonchev–Trinajstić information content (AvgIpc) is 1.73. The van der Waals surface area contributed by atoms with E-state index in [1.54, 1.807) is 12.1 Å². The molecule has 23 aromatic carbocycles. The number of nitrogens with zero attached hydrogens (tertiary/aromatic N) is 4. The fourth-order valence-corrected chi connectivity index (χ4v) is 19.4. The summed E-state index contributed by atoms with van der Waals surface area (Å²) >= 11 is 3.68. The first kappa shape index (κ1) is 76.9. The van der Waals surface area contributed by atoms with Crippen LogP contribution in [0.25, 0.3) is 219 Å². The van der Waals surface area contributed by atoms with Gasteiger partial charge in [-0.05, 0) is 241 Å². The molecule has 125 heavy (non-hydrogen) atoms. The van der Waals surface area contributed by atoms with Crippen LogP contribution in [0.15, 0.2) is 453 Å². The third-order valence-corrected chi connectivity index (χ3v) is 25.2. The Labute approximate surface area is 732 Å². The van der Waals surface area contributed by atoms with Crippen molar-refractivity contribution in [3.8, 4) is 67.5 Å². The lowest BCUT2D eigenvalue weighted by Crippen LogP contribution is -2.29. The molecule has 0 fully saturated rings. The van der Waals surface area contributed by atoms with E-state index in [1.165, 1.54) is 163 Å². The molecule has 2 N–H and O–H groups in total. The van der Waals surface area contributed by atoms with Crippen LogP contribution in [0.1, 0.15) is 7.43 Å². The van der Waals surface area contributed by atoms with Crippen molar-refractivity contribution in [1.82, 2.24) is 19.1 Å². The monoisotopic (exact) mass is 1660 g/mol. The van der Waals surface area contributed by atoms with Crippen LogP contribution in [0.3, 0.4) is 0 Å². The van der Waals surface area contributed by atoms with E-state index in [2.05, 4.69) is 383 Å². The van der Waals surface area contributed by atoms with Gasteiger partial charge in [-0.2, -0.15) is 0 Å². The molecule has 0 unspecified atom stereocenters. The van der Waals surface area contributed by atoms with Crippen LogP contribution in [-0.4, -0.2) is 36.3 Å². The number of benzene rings is 23. The fraction of sp³-hybridized carbons (Fsp3) is 0.00855. The van der Waals surface area contributed by atoms with Gasteiger partial charge in [0, 0.05) is 27.0 Å². The molecule has 0 saturated heterocycles. The fourth-order valence-electron chi connectivity index (χ4n) is 18.8. The molecule has 0 bridgehead atoms. The first-order valence-electron chi connectivity index (χ1n) is 42.0. The van der Waals surface area contributed by atoms with Crippen molar-refractivity contribution in [2.75, 3.05) is 0 Å². The van der Waals surface area contributed by atoms with Crippen molar-refractivity contribution < 1.29 is 10.0 Å². The Kier molecular flexibility index (Phi) is 20.2. The van der Waals surface area contributed by atoms with Gasteiger partial charge in [0.15, 0.2) is 0 Å². The summed E-state index contributed by atoms with van der Waals surface area (Å²) in [4.78, 5) is 9.82. The molecule has 0 saturated carbocycles. The number of aromatic nitrogens is 4. The zero-order valence-electron chi connectivity index (χ0n) is 67.4. The number of imidazole rings is 2. The van der Waals surface area contributed by atoms with Gasteiger partial charge in [0.1, 0.15) is 11.6 Å². The maximum absolute atomic E-state index is 9.27. The summed E-state index contributed by atoms with van der Waals surface area (Å²) in [6.07, 6.45) is 0. The van der Waals surface area contributed by atoms with Crippen LogP contribution in [-0.2, 0) is 0 Å². The second kappa shape index (κ2) is 32.9. The molecule has 590 valence electrons. The Morgan fingerprint density at radius 3 is 1.00 bits per heavy atom. The van der Waals surface area contributed by atoms with Crippen LogP contribution in [0.4, 0.5) is 0 Å². The quantitative estimate of drug-likeness (QED) is 0.0903. The highest BCUT2D eigenvalue weighted by atomic mass is 79.9. The van der Waals surface area contributed by atoms with Gasteiger partial charge < -0.3 is 10.0 Å². The molecule has 25 rings (SSSR count). The highest BCUT2D eigenvalue weighted by molar-refractivity contribution is 9.10. The highest BCUT2D eigenvalue weighted by Crippen LogP contribution is 2.49. The maximum atomic E-state index is 9.27. The van der Waals surface area contributed by atoms with E-state index in [9.17, 15) is 10.0 Å². The second-order valence-electron chi connectivity index (χ2n) is 31.7. The Hall–Kier alpha value is -15.4. The SMILES string of the molecule is Brc1cc2ccc3ccccc3c2c2ccccc12.C.OB(O)c1ccc(-c2nc3ccccc3n2-c2ccccc2)cc1.c1ccc(-n2c(-c3ccc(-c4cc5ccc6ccccc6c5c5ccccc45)cc3)nc3ccccc32)cc1.c1ccc2cc(-c3c4ccccc4c(-c4cc5ccc6ccccc6c5c5ccccc45)c4ccccc34)ccc2c1. The summed E-state index contributed by atoms with van der Waals surface area (Å²) in [5, 5.41) is 49.5. The lowest BCUT2D eigenvalue weighted by molar-refractivity contribution is 0.426. The third kappa shape index (κ3) is 13.9. The summed E-state index contributed by atoms with van der Waals surface area (Å²) in [5.74, 6) is 1.77. The largest absolute Gasteiger partial charge is 0.488 e. The normalized spacial score (nSPS) is 11.4. The van der Waals surface area contributed by atoms with E-state index in [-0.39, 0.29) is 7.43 Å². The third-order valence-electron chi connectivity index (χ3n) is 24.5. The molecule has 6 nitrogen and oxygen atoms in total. The zero-order chi connectivity index (χ0) is 82.7. The van der Waals surface area contributed by atoms with Crippen molar-refractivity contribution in [3.05, 3.63) is 453 Å². The van der Waals surface area contributed by atoms with Gasteiger partial charge in [0.25, 0.3) is 0 Å². The van der Waals surface area contributed by atoms with E-state index in [0.29, 0.717) is 5.46 Å². The molecule has 0 radical (unpaired) electrons. The van der Waals surface area contributed by atoms with Crippen LogP contribution in [0, 0.1) is 0 Å². The molecule has 2 aromatic heterocycles. The summed E-state index contributed by atoms with van der Waals surface area (Å²) in [6, 6.07) is 159. The van der Waals surface area contributed by atoms with Crippen molar-refractivity contribution in [2.24, 2.45) is 0 Å². The molecule has 25 aromatic rings. The van der Waals surface area contributed by atoms with Crippen LogP contribution < -0.4 is 5.46 Å². The van der Waals surface area contributed by atoms with Gasteiger partial charge >= 0.3 is 7.12 Å². The Balaban J connectivity index is 0.000000106. The van der Waals surface area contributed by atoms with E-state index in [0.717, 1.165) is 60.7 Å². The van der Waals surface area contributed by atoms with E-state index >= 15 is 0 Å². The number of rotatable bonds is 8. The average molecular weight is 1660 g/mol. The molecule has 0 atom stereocenters. The first-order chi connectivity index (χ1) is 61.3. The molecule has 0 spiro atoms. The van der Waals surface area contributed by atoms with Crippen molar-refractivity contribution in [3.63, 3.8) is 0 Å². The summed E-state index contributed by atoms with van der Waals surface area (Å²) < 4.78 is 5.52. The minimum atomic E-state index is -1.47. The van der Waals surface area contributed by atoms with E-state index < -0.39 is 7.12 Å². The molecule has 0 amide bonds. The Morgan fingerprint density at radius 1 is 0.224 bits per heavy atom. The van der Waals surface area contributed by atoms with Crippen molar-refractivity contribution in [1.29, 1.82) is 0 Å². The van der Waals surface area contributed by atoms with Crippen LogP contribution in [0.2, 0.25) is 0 Å². The number of hydrogen-bond acceptors (Lipinski definition) is 4. The molecule has 0 aliphatic rings. The predicted molar refractivity (Wildman–Crippen MR) is 537 cm³/mol. The van der Waals surface area contributed by atoms with E-state index in [4.69, 9.17) is 9.97 Å². The van der Waals surface area contributed by atoms with Crippen LogP contribution in [0.5, 0.6) is 0 Å². The number of hydrogen-bond donors (Lipinski definition) is 2. The second-order valence-corrected chi connectivity index (χ2v) is 32.5. The molecular formula is C117H80BBrN4O2. The van der Waals surface area contributed by atoms with Gasteiger partial charge in [-0.15, -0.1) is 0 Å². The minimum absolute atomic E-state index is 0. The van der Waals surface area contributed by atoms with Gasteiger partial charge in [0.05, 0.1) is 22.1 Å². The first-order valence-corrected chi connectivity index (χ1v) is 42.8. The number of halogens is 1. The van der Waals surface area contributed by atoms with Crippen LogP contribution >= 0.6 is 15.9 Å². The molecule has 0 aliphatic carbocycles. The maximum Gasteiger partial charge on any atom is 0.488 e. The van der Waals surface area contributed by atoms with Crippen molar-refractivity contribution >= 4 is 180 Å². The number of fused-ring (bicyclic) bond motifs is 20. The van der Waals surface area contributed by atoms with Gasteiger partial charge in [-0.1, -0.05) is 399 Å². The molecular weight excluding hydrogens is 1580 g/mol.